The van der Waals surface area contributed by atoms with E-state index in [1.54, 1.807) is 19.1 Å². The molecule has 0 bridgehead atoms. The van der Waals surface area contributed by atoms with Crippen molar-refractivity contribution < 1.29 is 18.0 Å². The first kappa shape index (κ1) is 27.4. The fourth-order valence-electron chi connectivity index (χ4n) is 3.54. The number of benzene rings is 2. The van der Waals surface area contributed by atoms with Gasteiger partial charge in [0.1, 0.15) is 12.6 Å². The number of amides is 2. The monoisotopic (exact) mass is 487 g/mol. The summed E-state index contributed by atoms with van der Waals surface area (Å²) in [7, 11) is -3.73. The van der Waals surface area contributed by atoms with E-state index in [1.807, 2.05) is 71.0 Å². The third-order valence-electron chi connectivity index (χ3n) is 5.61. The van der Waals surface area contributed by atoms with Crippen LogP contribution in [0.1, 0.15) is 44.4 Å². The maximum atomic E-state index is 13.5. The number of nitrogens with zero attached hydrogens (tertiary/aromatic N) is 2. The zero-order valence-corrected chi connectivity index (χ0v) is 22.1. The van der Waals surface area contributed by atoms with Crippen molar-refractivity contribution in [2.45, 2.75) is 59.5 Å². The lowest BCUT2D eigenvalue weighted by atomic mass is 10.1. The van der Waals surface area contributed by atoms with Crippen LogP contribution < -0.4 is 9.62 Å². The first-order valence-electron chi connectivity index (χ1n) is 11.4. The Hall–Kier alpha value is -2.87. The topological polar surface area (TPSA) is 86.8 Å². The van der Waals surface area contributed by atoms with Crippen molar-refractivity contribution in [3.8, 4) is 0 Å². The van der Waals surface area contributed by atoms with Crippen molar-refractivity contribution >= 4 is 27.5 Å². The Kier molecular flexibility index (Phi) is 8.89. The molecule has 2 aromatic carbocycles. The molecule has 8 heteroatoms. The van der Waals surface area contributed by atoms with Gasteiger partial charge in [-0.25, -0.2) is 8.42 Å². The SMILES string of the molecule is Cc1ccc(N(CC(=O)N(CCc2ccccc2)C(C)C(=O)NC(C)(C)C)S(C)(=O)=O)cc1C. The van der Waals surface area contributed by atoms with E-state index < -0.39 is 27.5 Å². The van der Waals surface area contributed by atoms with E-state index in [0.717, 1.165) is 27.3 Å². The number of carbonyl (C=O) groups excluding carboxylic acids is 2. The summed E-state index contributed by atoms with van der Waals surface area (Å²) in [5.41, 5.74) is 2.95. The van der Waals surface area contributed by atoms with Gasteiger partial charge < -0.3 is 10.2 Å². The predicted molar refractivity (Wildman–Crippen MR) is 137 cm³/mol. The van der Waals surface area contributed by atoms with Gasteiger partial charge in [0, 0.05) is 12.1 Å². The van der Waals surface area contributed by atoms with Gasteiger partial charge in [-0.3, -0.25) is 13.9 Å². The summed E-state index contributed by atoms with van der Waals surface area (Å²) < 4.78 is 26.4. The standard InChI is InChI=1S/C26H37N3O4S/c1-19-13-14-23(17-20(19)2)29(34(7,32)33)18-24(30)28(16-15-22-11-9-8-10-12-22)21(3)25(31)27-26(4,5)6/h8-14,17,21H,15-16,18H2,1-7H3,(H,27,31). The summed E-state index contributed by atoms with van der Waals surface area (Å²) in [5.74, 6) is -0.720. The molecule has 34 heavy (non-hydrogen) atoms. The molecule has 0 saturated heterocycles. The second kappa shape index (κ2) is 11.0. The van der Waals surface area contributed by atoms with Crippen molar-refractivity contribution in [3.63, 3.8) is 0 Å². The molecule has 1 unspecified atom stereocenters. The Labute approximate surface area is 204 Å². The fraction of sp³-hybridized carbons (Fsp3) is 0.462. The highest BCUT2D eigenvalue weighted by Crippen LogP contribution is 2.22. The minimum Gasteiger partial charge on any atom is -0.350 e. The first-order valence-corrected chi connectivity index (χ1v) is 13.2. The molecule has 0 aliphatic heterocycles. The zero-order chi connectivity index (χ0) is 25.7. The Bertz CT molecular complexity index is 1110. The highest BCUT2D eigenvalue weighted by molar-refractivity contribution is 7.92. The molecule has 0 aliphatic carbocycles. The van der Waals surface area contributed by atoms with Gasteiger partial charge in [-0.1, -0.05) is 36.4 Å². The minimum absolute atomic E-state index is 0.284. The number of hydrogen-bond donors (Lipinski definition) is 1. The van der Waals surface area contributed by atoms with Gasteiger partial charge in [0.15, 0.2) is 0 Å². The second-order valence-corrected chi connectivity index (χ2v) is 11.7. The molecule has 7 nitrogen and oxygen atoms in total. The smallest absolute Gasteiger partial charge is 0.244 e. The van der Waals surface area contributed by atoms with Crippen LogP contribution in [-0.4, -0.2) is 56.1 Å². The number of anilines is 1. The molecule has 0 saturated carbocycles. The lowest BCUT2D eigenvalue weighted by Gasteiger charge is -2.33. The van der Waals surface area contributed by atoms with Crippen LogP contribution in [0.5, 0.6) is 0 Å². The van der Waals surface area contributed by atoms with Crippen molar-refractivity contribution in [2.75, 3.05) is 23.7 Å². The van der Waals surface area contributed by atoms with Crippen LogP contribution in [0.15, 0.2) is 48.5 Å². The molecule has 1 N–H and O–H groups in total. The number of carbonyl (C=O) groups is 2. The van der Waals surface area contributed by atoms with Crippen LogP contribution >= 0.6 is 0 Å². The van der Waals surface area contributed by atoms with Crippen molar-refractivity contribution in [2.24, 2.45) is 0 Å². The largest absolute Gasteiger partial charge is 0.350 e. The Morgan fingerprint density at radius 1 is 1.00 bits per heavy atom. The molecule has 0 aromatic heterocycles. The Morgan fingerprint density at radius 2 is 1.62 bits per heavy atom. The predicted octanol–water partition coefficient (Wildman–Crippen LogP) is 3.44. The van der Waals surface area contributed by atoms with Gasteiger partial charge in [0.25, 0.3) is 0 Å². The number of sulfonamides is 1. The summed E-state index contributed by atoms with van der Waals surface area (Å²) >= 11 is 0. The molecule has 2 amide bonds. The number of aryl methyl sites for hydroxylation is 2. The van der Waals surface area contributed by atoms with Crippen LogP contribution in [0.25, 0.3) is 0 Å². The third-order valence-corrected chi connectivity index (χ3v) is 6.75. The van der Waals surface area contributed by atoms with E-state index in [0.29, 0.717) is 12.1 Å². The molecular formula is C26H37N3O4S. The summed E-state index contributed by atoms with van der Waals surface area (Å²) in [6.45, 7) is 11.0. The normalized spacial score (nSPS) is 12.7. The molecule has 186 valence electrons. The molecule has 0 radical (unpaired) electrons. The maximum absolute atomic E-state index is 13.5. The van der Waals surface area contributed by atoms with Gasteiger partial charge in [-0.15, -0.1) is 0 Å². The van der Waals surface area contributed by atoms with Crippen molar-refractivity contribution in [1.82, 2.24) is 10.2 Å². The average molecular weight is 488 g/mol. The molecular weight excluding hydrogens is 450 g/mol. The maximum Gasteiger partial charge on any atom is 0.244 e. The lowest BCUT2D eigenvalue weighted by Crippen LogP contribution is -2.55. The van der Waals surface area contributed by atoms with E-state index in [4.69, 9.17) is 0 Å². The van der Waals surface area contributed by atoms with E-state index in [1.165, 1.54) is 4.90 Å². The van der Waals surface area contributed by atoms with Gasteiger partial charge in [-0.2, -0.15) is 0 Å². The van der Waals surface area contributed by atoms with E-state index >= 15 is 0 Å². The number of rotatable bonds is 9. The molecule has 0 heterocycles. The van der Waals surface area contributed by atoms with Crippen LogP contribution in [0.2, 0.25) is 0 Å². The molecule has 0 aliphatic rings. The molecule has 1 atom stereocenters. The highest BCUT2D eigenvalue weighted by atomic mass is 32.2. The van der Waals surface area contributed by atoms with Crippen LogP contribution in [0.3, 0.4) is 0 Å². The molecule has 2 aromatic rings. The van der Waals surface area contributed by atoms with Crippen LogP contribution in [0.4, 0.5) is 5.69 Å². The minimum atomic E-state index is -3.73. The lowest BCUT2D eigenvalue weighted by molar-refractivity contribution is -0.139. The van der Waals surface area contributed by atoms with Crippen LogP contribution in [0, 0.1) is 13.8 Å². The Balaban J connectivity index is 2.34. The average Bonchev–Trinajstić information content (AvgIpc) is 2.72. The van der Waals surface area contributed by atoms with Gasteiger partial charge in [0.2, 0.25) is 21.8 Å². The van der Waals surface area contributed by atoms with Gasteiger partial charge in [0.05, 0.1) is 11.9 Å². The Morgan fingerprint density at radius 3 is 2.15 bits per heavy atom. The fourth-order valence-corrected chi connectivity index (χ4v) is 4.38. The quantitative estimate of drug-likeness (QED) is 0.587. The molecule has 0 spiro atoms. The number of nitrogens with one attached hydrogen (secondary N) is 1. The van der Waals surface area contributed by atoms with Gasteiger partial charge >= 0.3 is 0 Å². The molecule has 2 rings (SSSR count). The first-order chi connectivity index (χ1) is 15.7. The summed E-state index contributed by atoms with van der Waals surface area (Å²) in [6, 6.07) is 14.2. The van der Waals surface area contributed by atoms with Crippen molar-refractivity contribution in [1.29, 1.82) is 0 Å². The zero-order valence-electron chi connectivity index (χ0n) is 21.3. The van der Waals surface area contributed by atoms with Crippen LogP contribution in [-0.2, 0) is 26.0 Å². The summed E-state index contributed by atoms with van der Waals surface area (Å²) in [6.07, 6.45) is 1.63. The highest BCUT2D eigenvalue weighted by Gasteiger charge is 2.31. The van der Waals surface area contributed by atoms with E-state index in [2.05, 4.69) is 5.32 Å². The summed E-state index contributed by atoms with van der Waals surface area (Å²) in [4.78, 5) is 27.9. The summed E-state index contributed by atoms with van der Waals surface area (Å²) in [5, 5.41) is 2.92. The third kappa shape index (κ3) is 7.87. The van der Waals surface area contributed by atoms with Gasteiger partial charge in [-0.05, 0) is 76.8 Å². The van der Waals surface area contributed by atoms with E-state index in [-0.39, 0.29) is 19.0 Å². The second-order valence-electron chi connectivity index (χ2n) is 9.78. The molecule has 0 fully saturated rings. The van der Waals surface area contributed by atoms with Crippen molar-refractivity contribution in [3.05, 3.63) is 65.2 Å². The number of hydrogen-bond acceptors (Lipinski definition) is 4. The van der Waals surface area contributed by atoms with E-state index in [9.17, 15) is 18.0 Å².